The van der Waals surface area contributed by atoms with E-state index in [1.165, 1.54) is 13.2 Å². The highest BCUT2D eigenvalue weighted by atomic mass is 35.5. The van der Waals surface area contributed by atoms with Crippen molar-refractivity contribution in [2.24, 2.45) is 5.73 Å². The smallest absolute Gasteiger partial charge is 0.416 e. The van der Waals surface area contributed by atoms with Gasteiger partial charge in [-0.3, -0.25) is 0 Å². The highest BCUT2D eigenvalue weighted by Crippen LogP contribution is 2.32. The lowest BCUT2D eigenvalue weighted by Crippen LogP contribution is -2.08. The maximum Gasteiger partial charge on any atom is 0.416 e. The third-order valence-corrected chi connectivity index (χ3v) is 1.83. The summed E-state index contributed by atoms with van der Waals surface area (Å²) in [7, 11) is 1.39. The summed E-state index contributed by atoms with van der Waals surface area (Å²) in [6, 6.07) is 3.24. The molecule has 86 valence electrons. The summed E-state index contributed by atoms with van der Waals surface area (Å²) in [6.07, 6.45) is -4.34. The van der Waals surface area contributed by atoms with E-state index in [2.05, 4.69) is 0 Å². The molecule has 0 saturated carbocycles. The molecule has 0 saturated heterocycles. The van der Waals surface area contributed by atoms with Crippen molar-refractivity contribution in [1.29, 1.82) is 0 Å². The van der Waals surface area contributed by atoms with Gasteiger partial charge in [0.05, 0.1) is 12.7 Å². The van der Waals surface area contributed by atoms with Crippen LogP contribution in [-0.2, 0) is 12.7 Å². The molecular formula is C9H11ClF3NO. The molecule has 0 aliphatic rings. The number of nitrogens with two attached hydrogens (primary N) is 1. The topological polar surface area (TPSA) is 35.2 Å². The van der Waals surface area contributed by atoms with Crippen molar-refractivity contribution in [1.82, 2.24) is 0 Å². The predicted octanol–water partition coefficient (Wildman–Crippen LogP) is 2.59. The summed E-state index contributed by atoms with van der Waals surface area (Å²) in [4.78, 5) is 0. The first kappa shape index (κ1) is 14.1. The lowest BCUT2D eigenvalue weighted by molar-refractivity contribution is -0.137. The van der Waals surface area contributed by atoms with Crippen molar-refractivity contribution in [3.63, 3.8) is 0 Å². The summed E-state index contributed by atoms with van der Waals surface area (Å²) in [5, 5.41) is 0. The van der Waals surface area contributed by atoms with Gasteiger partial charge in [-0.25, -0.2) is 0 Å². The molecule has 1 aromatic rings. The number of benzene rings is 1. The van der Waals surface area contributed by atoms with Gasteiger partial charge in [-0.15, -0.1) is 12.4 Å². The van der Waals surface area contributed by atoms with Crippen LogP contribution in [0.3, 0.4) is 0 Å². The third-order valence-electron chi connectivity index (χ3n) is 1.83. The summed E-state index contributed by atoms with van der Waals surface area (Å²) in [5.74, 6) is 0.375. The average Bonchev–Trinajstić information content (AvgIpc) is 2.15. The summed E-state index contributed by atoms with van der Waals surface area (Å²) < 4.78 is 41.6. The fourth-order valence-electron chi connectivity index (χ4n) is 1.11. The molecule has 0 fully saturated rings. The van der Waals surface area contributed by atoms with Gasteiger partial charge in [0, 0.05) is 12.1 Å². The Balaban J connectivity index is 0.00000196. The van der Waals surface area contributed by atoms with E-state index in [9.17, 15) is 13.2 Å². The molecule has 0 bridgehead atoms. The van der Waals surface area contributed by atoms with Gasteiger partial charge in [-0.1, -0.05) is 0 Å². The van der Waals surface area contributed by atoms with Gasteiger partial charge in [-0.2, -0.15) is 13.2 Å². The van der Waals surface area contributed by atoms with Crippen LogP contribution in [0.2, 0.25) is 0 Å². The zero-order valence-electron chi connectivity index (χ0n) is 7.97. The highest BCUT2D eigenvalue weighted by molar-refractivity contribution is 5.85. The average molecular weight is 242 g/mol. The van der Waals surface area contributed by atoms with E-state index in [0.29, 0.717) is 11.3 Å². The second-order valence-corrected chi connectivity index (χ2v) is 2.73. The molecule has 0 aliphatic heterocycles. The van der Waals surface area contributed by atoms with Crippen molar-refractivity contribution in [2.45, 2.75) is 12.7 Å². The Morgan fingerprint density at radius 1 is 1.33 bits per heavy atom. The third kappa shape index (κ3) is 3.28. The first-order valence-electron chi connectivity index (χ1n) is 3.93. The van der Waals surface area contributed by atoms with Crippen LogP contribution >= 0.6 is 12.4 Å². The van der Waals surface area contributed by atoms with Gasteiger partial charge >= 0.3 is 6.18 Å². The normalized spacial score (nSPS) is 10.7. The molecule has 1 aromatic carbocycles. The van der Waals surface area contributed by atoms with E-state index in [1.807, 2.05) is 0 Å². The van der Waals surface area contributed by atoms with Crippen molar-refractivity contribution < 1.29 is 17.9 Å². The number of alkyl halides is 3. The second-order valence-electron chi connectivity index (χ2n) is 2.73. The molecule has 0 atom stereocenters. The first-order chi connectivity index (χ1) is 6.49. The van der Waals surface area contributed by atoms with Crippen LogP contribution in [0.25, 0.3) is 0 Å². The Kier molecular flexibility index (Phi) is 4.90. The van der Waals surface area contributed by atoms with Crippen molar-refractivity contribution in [3.05, 3.63) is 29.3 Å². The Hall–Kier alpha value is -0.940. The molecule has 0 heterocycles. The van der Waals surface area contributed by atoms with Gasteiger partial charge < -0.3 is 10.5 Å². The van der Waals surface area contributed by atoms with Crippen LogP contribution in [0.1, 0.15) is 11.1 Å². The van der Waals surface area contributed by atoms with E-state index in [0.717, 1.165) is 12.1 Å². The van der Waals surface area contributed by atoms with Crippen LogP contribution < -0.4 is 10.5 Å². The van der Waals surface area contributed by atoms with E-state index < -0.39 is 11.7 Å². The summed E-state index contributed by atoms with van der Waals surface area (Å²) >= 11 is 0. The Bertz CT molecular complexity index is 328. The molecule has 0 aromatic heterocycles. The van der Waals surface area contributed by atoms with Crippen LogP contribution in [0.5, 0.6) is 5.75 Å². The monoisotopic (exact) mass is 241 g/mol. The van der Waals surface area contributed by atoms with Crippen molar-refractivity contribution >= 4 is 12.4 Å². The Labute approximate surface area is 91.6 Å². The summed E-state index contributed by atoms with van der Waals surface area (Å²) in [6.45, 7) is 0.0209. The minimum absolute atomic E-state index is 0. The minimum atomic E-state index is -4.34. The van der Waals surface area contributed by atoms with Crippen LogP contribution in [0, 0.1) is 0 Å². The van der Waals surface area contributed by atoms with Crippen LogP contribution in [0.4, 0.5) is 13.2 Å². The molecule has 15 heavy (non-hydrogen) atoms. The van der Waals surface area contributed by atoms with Crippen molar-refractivity contribution in [3.8, 4) is 5.75 Å². The number of ether oxygens (including phenoxy) is 1. The number of hydrogen-bond acceptors (Lipinski definition) is 2. The molecule has 1 rings (SSSR count). The molecule has 2 nitrogen and oxygen atoms in total. The predicted molar refractivity (Wildman–Crippen MR) is 53.1 cm³/mol. The number of hydrogen-bond donors (Lipinski definition) is 1. The largest absolute Gasteiger partial charge is 0.496 e. The number of methoxy groups -OCH3 is 1. The number of halogens is 4. The maximum absolute atomic E-state index is 12.3. The van der Waals surface area contributed by atoms with Gasteiger partial charge in [0.1, 0.15) is 5.75 Å². The number of rotatable bonds is 2. The lowest BCUT2D eigenvalue weighted by atomic mass is 10.1. The molecule has 0 unspecified atom stereocenters. The van der Waals surface area contributed by atoms with Crippen LogP contribution in [-0.4, -0.2) is 7.11 Å². The van der Waals surface area contributed by atoms with E-state index >= 15 is 0 Å². The zero-order valence-corrected chi connectivity index (χ0v) is 8.78. The maximum atomic E-state index is 12.3. The van der Waals surface area contributed by atoms with E-state index in [-0.39, 0.29) is 19.0 Å². The van der Waals surface area contributed by atoms with Crippen molar-refractivity contribution in [2.75, 3.05) is 7.11 Å². The standard InChI is InChI=1S/C9H10F3NO.ClH/c1-14-8-3-2-7(9(10,11)12)4-6(8)5-13;/h2-4H,5,13H2,1H3;1H. The lowest BCUT2D eigenvalue weighted by Gasteiger charge is -2.11. The molecule has 0 amide bonds. The fourth-order valence-corrected chi connectivity index (χ4v) is 1.11. The fraction of sp³-hybridized carbons (Fsp3) is 0.333. The van der Waals surface area contributed by atoms with E-state index in [4.69, 9.17) is 10.5 Å². The molecule has 2 N–H and O–H groups in total. The van der Waals surface area contributed by atoms with Gasteiger partial charge in [-0.05, 0) is 18.2 Å². The molecule has 0 spiro atoms. The molecular weight excluding hydrogens is 231 g/mol. The highest BCUT2D eigenvalue weighted by Gasteiger charge is 2.30. The first-order valence-corrected chi connectivity index (χ1v) is 3.93. The van der Waals surface area contributed by atoms with Gasteiger partial charge in [0.2, 0.25) is 0 Å². The van der Waals surface area contributed by atoms with E-state index in [1.54, 1.807) is 0 Å². The van der Waals surface area contributed by atoms with Gasteiger partial charge in [0.15, 0.2) is 0 Å². The van der Waals surface area contributed by atoms with Gasteiger partial charge in [0.25, 0.3) is 0 Å². The zero-order chi connectivity index (χ0) is 10.8. The second kappa shape index (κ2) is 5.23. The summed E-state index contributed by atoms with van der Waals surface area (Å²) in [5.41, 5.74) is 4.93. The Morgan fingerprint density at radius 3 is 2.33 bits per heavy atom. The molecule has 0 radical (unpaired) electrons. The van der Waals surface area contributed by atoms with Crippen LogP contribution in [0.15, 0.2) is 18.2 Å². The minimum Gasteiger partial charge on any atom is -0.496 e. The molecule has 0 aliphatic carbocycles. The SMILES string of the molecule is COc1ccc(C(F)(F)F)cc1CN.Cl. The Morgan fingerprint density at radius 2 is 1.93 bits per heavy atom. The molecule has 6 heteroatoms. The quantitative estimate of drug-likeness (QED) is 0.864.